The minimum Gasteiger partial charge on any atom is -0.480 e. The van der Waals surface area contributed by atoms with Crippen molar-refractivity contribution in [2.24, 2.45) is 0 Å². The van der Waals surface area contributed by atoms with E-state index < -0.39 is 12.0 Å². The van der Waals surface area contributed by atoms with Gasteiger partial charge in [-0.15, -0.1) is 0 Å². The van der Waals surface area contributed by atoms with Crippen molar-refractivity contribution in [2.45, 2.75) is 51.1 Å². The van der Waals surface area contributed by atoms with Gasteiger partial charge in [0.2, 0.25) is 0 Å². The predicted molar refractivity (Wildman–Crippen MR) is 89.4 cm³/mol. The molecule has 0 radical (unpaired) electrons. The quantitative estimate of drug-likeness (QED) is 0.854. The number of rotatable bonds is 6. The third-order valence-electron chi connectivity index (χ3n) is 4.60. The van der Waals surface area contributed by atoms with Gasteiger partial charge in [-0.25, -0.2) is 0 Å². The first-order valence-electron chi connectivity index (χ1n) is 8.30. The zero-order chi connectivity index (χ0) is 16.2. The Bertz CT molecular complexity index is 663. The summed E-state index contributed by atoms with van der Waals surface area (Å²) >= 11 is 0. The molecular formula is C19H23NO3. The smallest absolute Gasteiger partial charge is 0.320 e. The fraction of sp³-hybridized carbons (Fsp3) is 0.421. The molecule has 1 aliphatic rings. The second-order valence-corrected chi connectivity index (χ2v) is 6.28. The van der Waals surface area contributed by atoms with Crippen LogP contribution in [0.2, 0.25) is 0 Å². The Kier molecular flexibility index (Phi) is 4.82. The van der Waals surface area contributed by atoms with Gasteiger partial charge in [0.05, 0.1) is 12.5 Å². The van der Waals surface area contributed by atoms with Crippen LogP contribution in [0.4, 0.5) is 0 Å². The fourth-order valence-electron chi connectivity index (χ4n) is 3.36. The summed E-state index contributed by atoms with van der Waals surface area (Å²) in [6.07, 6.45) is 7.85. The molecule has 4 heteroatoms. The van der Waals surface area contributed by atoms with Crippen molar-refractivity contribution >= 4 is 5.97 Å². The van der Waals surface area contributed by atoms with Gasteiger partial charge in [0.15, 0.2) is 0 Å². The van der Waals surface area contributed by atoms with Crippen LogP contribution < -0.4 is 5.32 Å². The van der Waals surface area contributed by atoms with Crippen LogP contribution in [0.25, 0.3) is 11.1 Å². The highest BCUT2D eigenvalue weighted by Crippen LogP contribution is 2.28. The number of hydrogen-bond donors (Lipinski definition) is 2. The number of hydrogen-bond acceptors (Lipinski definition) is 3. The summed E-state index contributed by atoms with van der Waals surface area (Å²) in [6, 6.07) is 8.28. The maximum Gasteiger partial charge on any atom is 0.320 e. The number of benzene rings is 1. The van der Waals surface area contributed by atoms with Crippen LogP contribution in [0.3, 0.4) is 0 Å². The summed E-state index contributed by atoms with van der Waals surface area (Å²) in [7, 11) is 0. The van der Waals surface area contributed by atoms with Crippen molar-refractivity contribution in [3.05, 3.63) is 47.9 Å². The van der Waals surface area contributed by atoms with Crippen LogP contribution in [-0.4, -0.2) is 23.2 Å². The van der Waals surface area contributed by atoms with E-state index in [1.807, 2.05) is 13.0 Å². The molecule has 0 amide bonds. The molecule has 1 heterocycles. The van der Waals surface area contributed by atoms with Gasteiger partial charge in [0.25, 0.3) is 0 Å². The summed E-state index contributed by atoms with van der Waals surface area (Å²) in [5.74, 6) is -0.746. The number of carboxylic acids is 1. The van der Waals surface area contributed by atoms with E-state index in [4.69, 9.17) is 4.42 Å². The lowest BCUT2D eigenvalue weighted by Gasteiger charge is -2.28. The Hall–Kier alpha value is -2.07. The molecule has 0 bridgehead atoms. The first kappa shape index (κ1) is 15.8. The molecule has 4 nitrogen and oxygen atoms in total. The van der Waals surface area contributed by atoms with Gasteiger partial charge >= 0.3 is 5.97 Å². The van der Waals surface area contributed by atoms with Crippen molar-refractivity contribution in [1.82, 2.24) is 5.32 Å². The van der Waals surface area contributed by atoms with E-state index in [-0.39, 0.29) is 6.04 Å². The summed E-state index contributed by atoms with van der Waals surface area (Å²) in [4.78, 5) is 11.3. The molecule has 2 N–H and O–H groups in total. The molecule has 0 saturated carbocycles. The molecule has 0 aliphatic heterocycles. The van der Waals surface area contributed by atoms with Crippen LogP contribution in [0, 0.1) is 0 Å². The second-order valence-electron chi connectivity index (χ2n) is 6.28. The van der Waals surface area contributed by atoms with Crippen LogP contribution in [0.1, 0.15) is 37.3 Å². The van der Waals surface area contributed by atoms with Gasteiger partial charge in [-0.05, 0) is 48.4 Å². The van der Waals surface area contributed by atoms with E-state index in [1.165, 1.54) is 11.1 Å². The fourth-order valence-corrected chi connectivity index (χ4v) is 3.36. The maximum atomic E-state index is 11.3. The first-order chi connectivity index (χ1) is 11.2. The summed E-state index contributed by atoms with van der Waals surface area (Å²) in [5.41, 5.74) is 4.92. The minimum absolute atomic E-state index is 0.231. The lowest BCUT2D eigenvalue weighted by atomic mass is 9.86. The van der Waals surface area contributed by atoms with Gasteiger partial charge < -0.3 is 14.8 Å². The average Bonchev–Trinajstić information content (AvgIpc) is 3.08. The van der Waals surface area contributed by atoms with E-state index in [1.54, 1.807) is 12.5 Å². The Labute approximate surface area is 136 Å². The largest absolute Gasteiger partial charge is 0.480 e. The molecule has 1 aromatic carbocycles. The van der Waals surface area contributed by atoms with Crippen molar-refractivity contribution in [1.29, 1.82) is 0 Å². The number of carboxylic acid groups (broad SMARTS) is 1. The van der Waals surface area contributed by atoms with Crippen LogP contribution in [-0.2, 0) is 17.6 Å². The molecule has 0 fully saturated rings. The molecule has 1 aliphatic carbocycles. The van der Waals surface area contributed by atoms with E-state index in [0.717, 1.165) is 36.8 Å². The zero-order valence-corrected chi connectivity index (χ0v) is 13.4. The van der Waals surface area contributed by atoms with E-state index in [0.29, 0.717) is 6.42 Å². The highest BCUT2D eigenvalue weighted by Gasteiger charge is 2.24. The van der Waals surface area contributed by atoms with E-state index in [2.05, 4.69) is 23.5 Å². The van der Waals surface area contributed by atoms with Crippen molar-refractivity contribution in [2.75, 3.05) is 0 Å². The van der Waals surface area contributed by atoms with Crippen LogP contribution in [0.5, 0.6) is 0 Å². The van der Waals surface area contributed by atoms with E-state index >= 15 is 0 Å². The standard InChI is InChI=1S/C19H23NO3/c1-2-3-18(19(21)22)20-17-7-6-13-4-5-14(10-16(13)11-17)15-8-9-23-12-15/h4-5,8-10,12,17-18,20H,2-3,6-7,11H2,1H3,(H,21,22)/t17-,18?/m0/s1. The van der Waals surface area contributed by atoms with Crippen molar-refractivity contribution < 1.29 is 14.3 Å². The third-order valence-corrected chi connectivity index (χ3v) is 4.60. The molecule has 2 atom stereocenters. The number of aliphatic carboxylic acids is 1. The molecule has 3 rings (SSSR count). The SMILES string of the molecule is CCCC(N[C@H]1CCc2ccc(-c3ccoc3)cc2C1)C(=O)O. The van der Waals surface area contributed by atoms with Crippen LogP contribution in [0.15, 0.2) is 41.2 Å². The summed E-state index contributed by atoms with van der Waals surface area (Å²) in [5, 5.41) is 12.7. The molecule has 23 heavy (non-hydrogen) atoms. The van der Waals surface area contributed by atoms with Gasteiger partial charge in [0.1, 0.15) is 6.04 Å². The molecule has 122 valence electrons. The zero-order valence-electron chi connectivity index (χ0n) is 13.4. The lowest BCUT2D eigenvalue weighted by molar-refractivity contribution is -0.139. The molecule has 2 aromatic rings. The normalized spacial score (nSPS) is 18.4. The van der Waals surface area contributed by atoms with Crippen molar-refractivity contribution in [3.8, 4) is 11.1 Å². The Morgan fingerprint density at radius 3 is 2.91 bits per heavy atom. The highest BCUT2D eigenvalue weighted by molar-refractivity contribution is 5.73. The number of aryl methyl sites for hydroxylation is 1. The van der Waals surface area contributed by atoms with Gasteiger partial charge in [0, 0.05) is 11.6 Å². The van der Waals surface area contributed by atoms with Crippen molar-refractivity contribution in [3.63, 3.8) is 0 Å². The highest BCUT2D eigenvalue weighted by atomic mass is 16.4. The van der Waals surface area contributed by atoms with Gasteiger partial charge in [-0.1, -0.05) is 31.5 Å². The monoisotopic (exact) mass is 313 g/mol. The minimum atomic E-state index is -0.746. The van der Waals surface area contributed by atoms with Gasteiger partial charge in [-0.3, -0.25) is 4.79 Å². The molecule has 1 unspecified atom stereocenters. The lowest BCUT2D eigenvalue weighted by Crippen LogP contribution is -2.45. The number of fused-ring (bicyclic) bond motifs is 1. The Morgan fingerprint density at radius 2 is 2.22 bits per heavy atom. The predicted octanol–water partition coefficient (Wildman–Crippen LogP) is 3.65. The molecule has 0 saturated heterocycles. The molecular weight excluding hydrogens is 290 g/mol. The average molecular weight is 313 g/mol. The Balaban J connectivity index is 1.74. The topological polar surface area (TPSA) is 62.5 Å². The van der Waals surface area contributed by atoms with Gasteiger partial charge in [-0.2, -0.15) is 0 Å². The summed E-state index contributed by atoms with van der Waals surface area (Å²) in [6.45, 7) is 2.02. The summed E-state index contributed by atoms with van der Waals surface area (Å²) < 4.78 is 5.16. The van der Waals surface area contributed by atoms with E-state index in [9.17, 15) is 9.90 Å². The second kappa shape index (κ2) is 7.01. The Morgan fingerprint density at radius 1 is 1.35 bits per heavy atom. The van der Waals surface area contributed by atoms with Crippen LogP contribution >= 0.6 is 0 Å². The number of nitrogens with one attached hydrogen (secondary N) is 1. The maximum absolute atomic E-state index is 11.3. The number of carbonyl (C=O) groups is 1. The molecule has 0 spiro atoms. The first-order valence-corrected chi connectivity index (χ1v) is 8.30. The third kappa shape index (κ3) is 3.64. The number of furan rings is 1. The molecule has 1 aromatic heterocycles.